The number of primary amides is 1. The molecule has 183 valence electrons. The second kappa shape index (κ2) is 11.2. The molecule has 2 saturated heterocycles. The highest BCUT2D eigenvalue weighted by Gasteiger charge is 2.34. The van der Waals surface area contributed by atoms with Crippen molar-refractivity contribution in [2.24, 2.45) is 11.7 Å². The first kappa shape index (κ1) is 26.0. The fourth-order valence-electron chi connectivity index (χ4n) is 3.75. The summed E-state index contributed by atoms with van der Waals surface area (Å²) in [5, 5.41) is 6.30. The van der Waals surface area contributed by atoms with Crippen LogP contribution < -0.4 is 21.1 Å². The Bertz CT molecular complexity index is 962. The zero-order valence-electron chi connectivity index (χ0n) is 18.4. The number of carbonyl (C=O) groups is 2. The Kier molecular flexibility index (Phi) is 8.85. The molecule has 0 unspecified atom stereocenters. The Balaban J connectivity index is 1.61. The third kappa shape index (κ3) is 6.73. The van der Waals surface area contributed by atoms with E-state index >= 15 is 0 Å². The van der Waals surface area contributed by atoms with Crippen LogP contribution in [0, 0.1) is 12.3 Å². The van der Waals surface area contributed by atoms with Crippen molar-refractivity contribution in [3.63, 3.8) is 0 Å². The average molecular weight is 520 g/mol. The van der Waals surface area contributed by atoms with Gasteiger partial charge in [-0.2, -0.15) is 4.31 Å². The van der Waals surface area contributed by atoms with Crippen LogP contribution in [0.3, 0.4) is 0 Å². The molecule has 33 heavy (non-hydrogen) atoms. The molecule has 4 N–H and O–H groups in total. The van der Waals surface area contributed by atoms with Gasteiger partial charge in [0.15, 0.2) is 5.75 Å². The lowest BCUT2D eigenvalue weighted by atomic mass is 10.0. The SMILES string of the molecule is C[C@@H](C[CH]C(=O)N[C@H]1CCN(S(=O)(=O)c2cc(Cl)c(OC3CCNCC3)c(Cl)c2)C1)C(N)=O. The predicted molar refractivity (Wildman–Crippen MR) is 126 cm³/mol. The van der Waals surface area contributed by atoms with Crippen molar-refractivity contribution in [1.82, 2.24) is 14.9 Å². The molecule has 2 amide bonds. The Morgan fingerprint density at radius 2 is 1.91 bits per heavy atom. The number of hydrogen-bond acceptors (Lipinski definition) is 6. The van der Waals surface area contributed by atoms with Gasteiger partial charge in [0, 0.05) is 25.0 Å². The number of carbonyl (C=O) groups excluding carboxylic acids is 2. The van der Waals surface area contributed by atoms with Crippen molar-refractivity contribution in [2.45, 2.75) is 49.6 Å². The van der Waals surface area contributed by atoms with Crippen molar-refractivity contribution in [2.75, 3.05) is 26.2 Å². The molecule has 2 heterocycles. The fraction of sp³-hybridized carbons (Fsp3) is 0.571. The molecule has 3 rings (SSSR count). The van der Waals surface area contributed by atoms with Gasteiger partial charge in [-0.15, -0.1) is 0 Å². The molecule has 1 aromatic carbocycles. The molecule has 1 aromatic rings. The molecule has 9 nitrogen and oxygen atoms in total. The van der Waals surface area contributed by atoms with Crippen LogP contribution in [0.1, 0.15) is 32.6 Å². The zero-order chi connectivity index (χ0) is 24.2. The molecular formula is C21H29Cl2N4O5S. The van der Waals surface area contributed by atoms with Gasteiger partial charge in [0.2, 0.25) is 21.8 Å². The topological polar surface area (TPSA) is 131 Å². The van der Waals surface area contributed by atoms with Gasteiger partial charge in [-0.3, -0.25) is 9.59 Å². The first-order valence-electron chi connectivity index (χ1n) is 10.9. The van der Waals surface area contributed by atoms with Crippen LogP contribution in [0.4, 0.5) is 0 Å². The number of sulfonamides is 1. The minimum absolute atomic E-state index is 0.0241. The Labute approximate surface area is 204 Å². The lowest BCUT2D eigenvalue weighted by Gasteiger charge is -2.25. The number of hydrogen-bond donors (Lipinski definition) is 3. The van der Waals surface area contributed by atoms with Gasteiger partial charge in [0.25, 0.3) is 0 Å². The number of halogens is 2. The van der Waals surface area contributed by atoms with Crippen LogP contribution in [0.15, 0.2) is 17.0 Å². The number of nitrogens with one attached hydrogen (secondary N) is 2. The van der Waals surface area contributed by atoms with Gasteiger partial charge in [-0.25, -0.2) is 8.42 Å². The molecule has 0 spiro atoms. The molecule has 2 aliphatic rings. The van der Waals surface area contributed by atoms with E-state index < -0.39 is 21.8 Å². The summed E-state index contributed by atoms with van der Waals surface area (Å²) in [5.74, 6) is -1.01. The maximum atomic E-state index is 13.1. The van der Waals surface area contributed by atoms with E-state index in [-0.39, 0.29) is 58.3 Å². The summed E-state index contributed by atoms with van der Waals surface area (Å²) >= 11 is 12.7. The number of nitrogens with two attached hydrogens (primary N) is 1. The van der Waals surface area contributed by atoms with Crippen LogP contribution in [-0.2, 0) is 19.6 Å². The summed E-state index contributed by atoms with van der Waals surface area (Å²) in [7, 11) is -3.86. The summed E-state index contributed by atoms with van der Waals surface area (Å²) in [4.78, 5) is 23.2. The van der Waals surface area contributed by atoms with E-state index in [0.717, 1.165) is 25.9 Å². The maximum absolute atomic E-state index is 13.1. The molecular weight excluding hydrogens is 491 g/mol. The Morgan fingerprint density at radius 1 is 1.27 bits per heavy atom. The van der Waals surface area contributed by atoms with E-state index in [1.54, 1.807) is 6.92 Å². The Morgan fingerprint density at radius 3 is 2.52 bits per heavy atom. The van der Waals surface area contributed by atoms with E-state index in [0.29, 0.717) is 6.42 Å². The minimum atomic E-state index is -3.86. The van der Waals surface area contributed by atoms with E-state index in [9.17, 15) is 18.0 Å². The highest BCUT2D eigenvalue weighted by Crippen LogP contribution is 2.38. The largest absolute Gasteiger partial charge is 0.487 e. The van der Waals surface area contributed by atoms with Gasteiger partial charge in [0.05, 0.1) is 21.4 Å². The first-order valence-corrected chi connectivity index (χ1v) is 13.1. The number of rotatable bonds is 9. The van der Waals surface area contributed by atoms with E-state index in [2.05, 4.69) is 10.6 Å². The third-order valence-corrected chi connectivity index (χ3v) is 8.22. The van der Waals surface area contributed by atoms with Gasteiger partial charge in [0.1, 0.15) is 6.10 Å². The van der Waals surface area contributed by atoms with Crippen LogP contribution in [-0.4, -0.2) is 62.9 Å². The van der Waals surface area contributed by atoms with Crippen molar-refractivity contribution in [3.8, 4) is 5.75 Å². The maximum Gasteiger partial charge on any atom is 0.243 e. The zero-order valence-corrected chi connectivity index (χ0v) is 20.7. The predicted octanol–water partition coefficient (Wildman–Crippen LogP) is 1.72. The second-order valence-electron chi connectivity index (χ2n) is 8.38. The fourth-order valence-corrected chi connectivity index (χ4v) is 6.01. The van der Waals surface area contributed by atoms with Crippen LogP contribution >= 0.6 is 23.2 Å². The molecule has 1 radical (unpaired) electrons. The molecule has 2 atom stereocenters. The van der Waals surface area contributed by atoms with Crippen molar-refractivity contribution in [1.29, 1.82) is 0 Å². The van der Waals surface area contributed by atoms with Gasteiger partial charge in [-0.05, 0) is 50.9 Å². The number of piperidine rings is 1. The lowest BCUT2D eigenvalue weighted by Crippen LogP contribution is -2.39. The second-order valence-corrected chi connectivity index (χ2v) is 11.1. The molecule has 0 saturated carbocycles. The van der Waals surface area contributed by atoms with Crippen molar-refractivity contribution in [3.05, 3.63) is 28.6 Å². The van der Waals surface area contributed by atoms with E-state index in [4.69, 9.17) is 33.7 Å². The van der Waals surface area contributed by atoms with Crippen LogP contribution in [0.2, 0.25) is 10.0 Å². The Hall–Kier alpha value is -1.59. The summed E-state index contributed by atoms with van der Waals surface area (Å²) in [5.41, 5.74) is 5.19. The molecule has 12 heteroatoms. The monoisotopic (exact) mass is 519 g/mol. The van der Waals surface area contributed by atoms with E-state index in [1.807, 2.05) is 0 Å². The standard InChI is InChI=1S/C21H29Cl2N4O5S/c1-13(21(24)29)2-3-19(28)26-14-6-9-27(12-14)33(30,31)16-10-17(22)20(18(23)11-16)32-15-4-7-25-8-5-15/h3,10-11,13-15,25H,2,4-9,12H2,1H3,(H2,24,29)(H,26,28)/t13-,14-/m0/s1. The third-order valence-electron chi connectivity index (χ3n) is 5.82. The normalized spacial score (nSPS) is 21.0. The summed E-state index contributed by atoms with van der Waals surface area (Å²) in [6.07, 6.45) is 3.63. The highest BCUT2D eigenvalue weighted by atomic mass is 35.5. The van der Waals surface area contributed by atoms with Crippen LogP contribution in [0.5, 0.6) is 5.75 Å². The van der Waals surface area contributed by atoms with Crippen LogP contribution in [0.25, 0.3) is 0 Å². The molecule has 2 fully saturated rings. The highest BCUT2D eigenvalue weighted by molar-refractivity contribution is 7.89. The lowest BCUT2D eigenvalue weighted by molar-refractivity contribution is -0.121. The van der Waals surface area contributed by atoms with Crippen molar-refractivity contribution < 1.29 is 22.7 Å². The average Bonchev–Trinajstić information content (AvgIpc) is 3.24. The molecule has 0 bridgehead atoms. The quantitative estimate of drug-likeness (QED) is 0.455. The number of benzene rings is 1. The number of amides is 2. The number of nitrogens with zero attached hydrogens (tertiary/aromatic N) is 1. The van der Waals surface area contributed by atoms with Gasteiger partial charge < -0.3 is 21.1 Å². The summed E-state index contributed by atoms with van der Waals surface area (Å²) in [6.45, 7) is 3.67. The number of ether oxygens (including phenoxy) is 1. The minimum Gasteiger partial charge on any atom is -0.487 e. The van der Waals surface area contributed by atoms with E-state index in [1.165, 1.54) is 22.9 Å². The molecule has 0 aromatic heterocycles. The smallest absolute Gasteiger partial charge is 0.243 e. The van der Waals surface area contributed by atoms with Gasteiger partial charge in [-0.1, -0.05) is 30.1 Å². The van der Waals surface area contributed by atoms with Gasteiger partial charge >= 0.3 is 0 Å². The summed E-state index contributed by atoms with van der Waals surface area (Å²) in [6, 6.07) is 2.36. The first-order chi connectivity index (χ1) is 15.6. The molecule has 0 aliphatic carbocycles. The van der Waals surface area contributed by atoms with Crippen molar-refractivity contribution >= 4 is 45.0 Å². The summed E-state index contributed by atoms with van der Waals surface area (Å²) < 4.78 is 33.5. The molecule has 2 aliphatic heterocycles.